The third-order valence-corrected chi connectivity index (χ3v) is 3.79. The first kappa shape index (κ1) is 17.4. The molecule has 3 rings (SSSR count). The summed E-state index contributed by atoms with van der Waals surface area (Å²) in [7, 11) is 0. The summed E-state index contributed by atoms with van der Waals surface area (Å²) in [5, 5.41) is 3.07. The van der Waals surface area contributed by atoms with Crippen molar-refractivity contribution >= 4 is 11.4 Å². The number of allylic oxidation sites excluding steroid dienone is 1. The van der Waals surface area contributed by atoms with Crippen LogP contribution in [0.25, 0.3) is 5.57 Å². The molecule has 1 saturated carbocycles. The Bertz CT molecular complexity index is 733. The minimum absolute atomic E-state index is 0.0241. The Kier molecular flexibility index (Phi) is 4.74. The van der Waals surface area contributed by atoms with Gasteiger partial charge in [-0.1, -0.05) is 19.1 Å². The molecule has 1 N–H and O–H groups in total. The molecule has 1 aromatic carbocycles. The Morgan fingerprint density at radius 2 is 2.12 bits per heavy atom. The summed E-state index contributed by atoms with van der Waals surface area (Å²) in [6.45, 7) is 2.34. The number of hydrogen-bond acceptors (Lipinski definition) is 4. The second kappa shape index (κ2) is 6.82. The molecule has 0 unspecified atom stereocenters. The van der Waals surface area contributed by atoms with Crippen LogP contribution in [0.5, 0.6) is 0 Å². The van der Waals surface area contributed by atoms with Crippen LogP contribution >= 0.6 is 0 Å². The van der Waals surface area contributed by atoms with E-state index in [9.17, 15) is 18.0 Å². The van der Waals surface area contributed by atoms with Crippen LogP contribution in [0.4, 0.5) is 13.2 Å². The third-order valence-electron chi connectivity index (χ3n) is 3.79. The van der Waals surface area contributed by atoms with Gasteiger partial charge in [-0.15, -0.1) is 0 Å². The van der Waals surface area contributed by atoms with E-state index < -0.39 is 17.5 Å². The highest BCUT2D eigenvalue weighted by Crippen LogP contribution is 2.36. The maximum atomic E-state index is 13.0. The van der Waals surface area contributed by atoms with E-state index in [1.165, 1.54) is 18.4 Å². The molecule has 25 heavy (non-hydrogen) atoms. The fourth-order valence-electron chi connectivity index (χ4n) is 2.39. The van der Waals surface area contributed by atoms with E-state index in [4.69, 9.17) is 9.47 Å². The summed E-state index contributed by atoms with van der Waals surface area (Å²) in [5.41, 5.74) is -0.540. The molecule has 134 valence electrons. The number of hydrogen-bond donors (Lipinski definition) is 1. The lowest BCUT2D eigenvalue weighted by Crippen LogP contribution is -2.16. The summed E-state index contributed by atoms with van der Waals surface area (Å²) in [6, 6.07) is 4.86. The van der Waals surface area contributed by atoms with Crippen LogP contribution in [0.15, 0.2) is 42.2 Å². The molecule has 1 fully saturated rings. The number of alkyl halides is 3. The molecule has 4 nitrogen and oxygen atoms in total. The molecule has 0 amide bonds. The summed E-state index contributed by atoms with van der Waals surface area (Å²) in [5.74, 6) is -0.319. The quantitative estimate of drug-likeness (QED) is 0.477. The second-order valence-corrected chi connectivity index (χ2v) is 5.99. The number of ketones is 1. The van der Waals surface area contributed by atoms with Crippen LogP contribution in [0.3, 0.4) is 0 Å². The number of Topliss-reactive ketones (excluding diaryl/α,β-unsaturated/α-hetero) is 1. The first-order valence-electron chi connectivity index (χ1n) is 8.13. The van der Waals surface area contributed by atoms with Crippen molar-refractivity contribution < 1.29 is 27.4 Å². The van der Waals surface area contributed by atoms with E-state index in [0.717, 1.165) is 31.4 Å². The lowest BCUT2D eigenvalue weighted by atomic mass is 10.00. The summed E-state index contributed by atoms with van der Waals surface area (Å²) < 4.78 is 49.7. The highest BCUT2D eigenvalue weighted by molar-refractivity contribution is 6.30. The van der Waals surface area contributed by atoms with Gasteiger partial charge in [0.05, 0.1) is 17.7 Å². The van der Waals surface area contributed by atoms with Gasteiger partial charge in [-0.3, -0.25) is 4.79 Å². The van der Waals surface area contributed by atoms with Crippen molar-refractivity contribution in [2.24, 2.45) is 0 Å². The molecule has 2 aliphatic rings. The van der Waals surface area contributed by atoms with Gasteiger partial charge >= 0.3 is 6.18 Å². The Labute approximate surface area is 143 Å². The van der Waals surface area contributed by atoms with Crippen LogP contribution < -0.4 is 5.32 Å². The van der Waals surface area contributed by atoms with Gasteiger partial charge in [0, 0.05) is 6.04 Å². The summed E-state index contributed by atoms with van der Waals surface area (Å²) in [6.07, 6.45) is -0.628. The monoisotopic (exact) mass is 353 g/mol. The predicted molar refractivity (Wildman–Crippen MR) is 84.9 cm³/mol. The van der Waals surface area contributed by atoms with Crippen LogP contribution in [0, 0.1) is 0 Å². The zero-order valence-corrected chi connectivity index (χ0v) is 13.7. The normalized spacial score (nSPS) is 19.4. The Morgan fingerprint density at radius 3 is 2.76 bits per heavy atom. The predicted octanol–water partition coefficient (Wildman–Crippen LogP) is 3.99. The molecule has 1 aromatic rings. The minimum Gasteiger partial charge on any atom is -0.497 e. The number of halogens is 3. The zero-order chi connectivity index (χ0) is 18.0. The summed E-state index contributed by atoms with van der Waals surface area (Å²) in [4.78, 5) is 12.6. The molecule has 0 atom stereocenters. The van der Waals surface area contributed by atoms with E-state index in [0.29, 0.717) is 6.61 Å². The fourth-order valence-corrected chi connectivity index (χ4v) is 2.39. The smallest absolute Gasteiger partial charge is 0.416 e. The molecule has 0 spiro atoms. The molecule has 0 saturated heterocycles. The molecule has 0 bridgehead atoms. The van der Waals surface area contributed by atoms with Crippen LogP contribution in [0.1, 0.15) is 37.3 Å². The number of ether oxygens (including phenoxy) is 2. The van der Waals surface area contributed by atoms with Gasteiger partial charge in [-0.25, -0.2) is 0 Å². The van der Waals surface area contributed by atoms with Crippen molar-refractivity contribution in [1.82, 2.24) is 5.32 Å². The first-order chi connectivity index (χ1) is 11.9. The van der Waals surface area contributed by atoms with E-state index >= 15 is 0 Å². The molecule has 0 aromatic heterocycles. The van der Waals surface area contributed by atoms with Crippen LogP contribution in [0.2, 0.25) is 0 Å². The van der Waals surface area contributed by atoms with E-state index in [1.807, 2.05) is 6.92 Å². The Hall–Kier alpha value is -2.44. The molecule has 1 heterocycles. The highest BCUT2D eigenvalue weighted by Gasteiger charge is 2.37. The van der Waals surface area contributed by atoms with Crippen molar-refractivity contribution in [3.63, 3.8) is 0 Å². The highest BCUT2D eigenvalue weighted by atomic mass is 19.4. The van der Waals surface area contributed by atoms with Gasteiger partial charge in [0.15, 0.2) is 0 Å². The third kappa shape index (κ3) is 3.97. The number of carbonyl (C=O) groups is 1. The minimum atomic E-state index is -4.48. The average molecular weight is 353 g/mol. The fraction of sp³-hybridized carbons (Fsp3) is 0.389. The second-order valence-electron chi connectivity index (χ2n) is 5.99. The maximum Gasteiger partial charge on any atom is 0.416 e. The SMILES string of the molecule is CCCOC=C1OC(NC2CC2)=C(c2cccc(C(F)(F)F)c2)C1=O. The molecule has 1 aliphatic carbocycles. The number of rotatable bonds is 6. The molecule has 0 radical (unpaired) electrons. The molecule has 7 heteroatoms. The summed E-state index contributed by atoms with van der Waals surface area (Å²) >= 11 is 0. The largest absolute Gasteiger partial charge is 0.497 e. The number of nitrogens with one attached hydrogen (secondary N) is 1. The average Bonchev–Trinajstić information content (AvgIpc) is 3.32. The van der Waals surface area contributed by atoms with Crippen molar-refractivity contribution in [2.45, 2.75) is 38.4 Å². The maximum absolute atomic E-state index is 13.0. The van der Waals surface area contributed by atoms with Gasteiger partial charge in [0.25, 0.3) is 0 Å². The van der Waals surface area contributed by atoms with Crippen LogP contribution in [-0.4, -0.2) is 18.4 Å². The van der Waals surface area contributed by atoms with Crippen LogP contribution in [-0.2, 0) is 20.4 Å². The Morgan fingerprint density at radius 1 is 1.36 bits per heavy atom. The number of benzene rings is 1. The number of carbonyl (C=O) groups excluding carboxylic acids is 1. The van der Waals surface area contributed by atoms with Crippen molar-refractivity contribution in [1.29, 1.82) is 0 Å². The lowest BCUT2D eigenvalue weighted by Gasteiger charge is -2.10. The molecular formula is C18H18F3NO3. The lowest BCUT2D eigenvalue weighted by molar-refractivity contribution is -0.137. The molecular weight excluding hydrogens is 335 g/mol. The topological polar surface area (TPSA) is 47.6 Å². The van der Waals surface area contributed by atoms with E-state index in [1.54, 1.807) is 0 Å². The van der Waals surface area contributed by atoms with E-state index in [2.05, 4.69) is 5.32 Å². The van der Waals surface area contributed by atoms with Crippen molar-refractivity contribution in [3.05, 3.63) is 53.3 Å². The van der Waals surface area contributed by atoms with Gasteiger partial charge in [-0.2, -0.15) is 13.2 Å². The van der Waals surface area contributed by atoms with Crippen molar-refractivity contribution in [2.75, 3.05) is 6.61 Å². The van der Waals surface area contributed by atoms with Crippen molar-refractivity contribution in [3.8, 4) is 0 Å². The van der Waals surface area contributed by atoms with Gasteiger partial charge in [0.1, 0.15) is 6.26 Å². The zero-order valence-electron chi connectivity index (χ0n) is 13.7. The first-order valence-corrected chi connectivity index (χ1v) is 8.13. The Balaban J connectivity index is 1.94. The van der Waals surface area contributed by atoms with Gasteiger partial charge < -0.3 is 14.8 Å². The van der Waals surface area contributed by atoms with Gasteiger partial charge in [-0.05, 0) is 37.0 Å². The van der Waals surface area contributed by atoms with E-state index in [-0.39, 0.29) is 28.8 Å². The molecule has 1 aliphatic heterocycles. The standard InChI is InChI=1S/C18H18F3NO3/c1-2-8-24-10-14-16(23)15(17(25-14)22-13-6-7-13)11-4-3-5-12(9-11)18(19,20)21/h3-5,9-10,13,22H,2,6-8H2,1H3. The van der Waals surface area contributed by atoms with Gasteiger partial charge in [0.2, 0.25) is 17.4 Å².